The van der Waals surface area contributed by atoms with Crippen molar-refractivity contribution in [2.24, 2.45) is 0 Å². The molecule has 0 spiro atoms. The van der Waals surface area contributed by atoms with E-state index in [1.165, 1.54) is 6.08 Å². The quantitative estimate of drug-likeness (QED) is 0.826. The Morgan fingerprint density at radius 1 is 1.24 bits per heavy atom. The van der Waals surface area contributed by atoms with E-state index in [4.69, 9.17) is 14.6 Å². The number of carboxylic acids is 1. The molecule has 0 bridgehead atoms. The highest BCUT2D eigenvalue weighted by molar-refractivity contribution is 5.85. The molecule has 5 nitrogen and oxygen atoms in total. The van der Waals surface area contributed by atoms with Crippen molar-refractivity contribution in [3.05, 3.63) is 59.8 Å². The summed E-state index contributed by atoms with van der Waals surface area (Å²) in [7, 11) is 1.57. The second kappa shape index (κ2) is 7.09. The van der Waals surface area contributed by atoms with Crippen LogP contribution >= 0.6 is 0 Å². The second-order valence-corrected chi connectivity index (χ2v) is 4.20. The Labute approximate surface area is 122 Å². The summed E-state index contributed by atoms with van der Waals surface area (Å²) in [6.45, 7) is 0.335. The van der Waals surface area contributed by atoms with Crippen molar-refractivity contribution in [3.63, 3.8) is 0 Å². The summed E-state index contributed by atoms with van der Waals surface area (Å²) in [6, 6.07) is 12.6. The van der Waals surface area contributed by atoms with Crippen LogP contribution in [0.3, 0.4) is 0 Å². The number of pyridine rings is 1. The van der Waals surface area contributed by atoms with Crippen molar-refractivity contribution >= 4 is 12.0 Å². The van der Waals surface area contributed by atoms with E-state index < -0.39 is 5.97 Å². The van der Waals surface area contributed by atoms with E-state index in [0.29, 0.717) is 18.2 Å². The Morgan fingerprint density at radius 2 is 2.00 bits per heavy atom. The normalized spacial score (nSPS) is 10.5. The molecule has 0 aliphatic carbocycles. The van der Waals surface area contributed by atoms with Crippen LogP contribution in [0.25, 0.3) is 6.08 Å². The Balaban J connectivity index is 1.95. The highest BCUT2D eigenvalue weighted by Gasteiger charge is 1.99. The van der Waals surface area contributed by atoms with Crippen molar-refractivity contribution in [2.75, 3.05) is 7.11 Å². The number of benzene rings is 1. The smallest absolute Gasteiger partial charge is 0.328 e. The third kappa shape index (κ3) is 4.65. The molecule has 0 amide bonds. The third-order valence-electron chi connectivity index (χ3n) is 2.68. The van der Waals surface area contributed by atoms with E-state index >= 15 is 0 Å². The standard InChI is InChI=1S/C16H15NO4/c1-20-15-4-2-3-13(17-15)11-21-14-8-5-12(6-9-14)7-10-16(18)19/h2-10H,11H2,1H3,(H,18,19). The summed E-state index contributed by atoms with van der Waals surface area (Å²) >= 11 is 0. The zero-order chi connectivity index (χ0) is 15.1. The fourth-order valence-corrected chi connectivity index (χ4v) is 1.65. The van der Waals surface area contributed by atoms with Crippen molar-refractivity contribution < 1.29 is 19.4 Å². The first-order valence-electron chi connectivity index (χ1n) is 6.31. The third-order valence-corrected chi connectivity index (χ3v) is 2.68. The molecular formula is C16H15NO4. The first-order chi connectivity index (χ1) is 10.2. The van der Waals surface area contributed by atoms with Gasteiger partial charge in [0.05, 0.1) is 12.8 Å². The molecule has 108 valence electrons. The fraction of sp³-hybridized carbons (Fsp3) is 0.125. The van der Waals surface area contributed by atoms with Crippen LogP contribution in [0.5, 0.6) is 11.6 Å². The topological polar surface area (TPSA) is 68.7 Å². The Hall–Kier alpha value is -2.82. The lowest BCUT2D eigenvalue weighted by Crippen LogP contribution is -1.99. The highest BCUT2D eigenvalue weighted by Crippen LogP contribution is 2.15. The summed E-state index contributed by atoms with van der Waals surface area (Å²) in [6.07, 6.45) is 2.62. The molecular weight excluding hydrogens is 270 g/mol. The van der Waals surface area contributed by atoms with Crippen molar-refractivity contribution in [1.82, 2.24) is 4.98 Å². The number of aromatic nitrogens is 1. The molecule has 5 heteroatoms. The van der Waals surface area contributed by atoms with E-state index in [1.54, 1.807) is 37.4 Å². The first-order valence-corrected chi connectivity index (χ1v) is 6.31. The minimum Gasteiger partial charge on any atom is -0.487 e. The molecule has 0 radical (unpaired) electrons. The lowest BCUT2D eigenvalue weighted by atomic mass is 10.2. The average Bonchev–Trinajstić information content (AvgIpc) is 2.52. The lowest BCUT2D eigenvalue weighted by Gasteiger charge is -2.07. The van der Waals surface area contributed by atoms with Crippen molar-refractivity contribution in [3.8, 4) is 11.6 Å². The molecule has 1 N–H and O–H groups in total. The first kappa shape index (κ1) is 14.6. The molecule has 0 atom stereocenters. The van der Waals surface area contributed by atoms with Crippen LogP contribution in [-0.2, 0) is 11.4 Å². The number of ether oxygens (including phenoxy) is 2. The number of nitrogens with zero attached hydrogens (tertiary/aromatic N) is 1. The zero-order valence-electron chi connectivity index (χ0n) is 11.5. The van der Waals surface area contributed by atoms with E-state index in [-0.39, 0.29) is 0 Å². The van der Waals surface area contributed by atoms with Crippen LogP contribution in [0.2, 0.25) is 0 Å². The fourth-order valence-electron chi connectivity index (χ4n) is 1.65. The summed E-state index contributed by atoms with van der Waals surface area (Å²) in [5, 5.41) is 8.55. The maximum Gasteiger partial charge on any atom is 0.328 e. The van der Waals surface area contributed by atoms with Crippen LogP contribution in [-0.4, -0.2) is 23.2 Å². The summed E-state index contributed by atoms with van der Waals surface area (Å²) in [5.41, 5.74) is 1.56. The van der Waals surface area contributed by atoms with Gasteiger partial charge in [0.2, 0.25) is 5.88 Å². The monoisotopic (exact) mass is 285 g/mol. The van der Waals surface area contributed by atoms with Crippen LogP contribution in [0.1, 0.15) is 11.3 Å². The largest absolute Gasteiger partial charge is 0.487 e. The van der Waals surface area contributed by atoms with E-state index in [0.717, 1.165) is 17.3 Å². The Kier molecular flexibility index (Phi) is 4.93. The molecule has 0 aliphatic heterocycles. The van der Waals surface area contributed by atoms with Gasteiger partial charge in [-0.05, 0) is 29.8 Å². The van der Waals surface area contributed by atoms with Gasteiger partial charge in [0.25, 0.3) is 0 Å². The van der Waals surface area contributed by atoms with Gasteiger partial charge in [-0.3, -0.25) is 0 Å². The maximum atomic E-state index is 10.4. The molecule has 0 saturated carbocycles. The minimum absolute atomic E-state index is 0.335. The number of hydrogen-bond donors (Lipinski definition) is 1. The van der Waals surface area contributed by atoms with Crippen LogP contribution in [0.4, 0.5) is 0 Å². The predicted octanol–water partition coefficient (Wildman–Crippen LogP) is 2.77. The highest BCUT2D eigenvalue weighted by atomic mass is 16.5. The molecule has 0 fully saturated rings. The van der Waals surface area contributed by atoms with Gasteiger partial charge < -0.3 is 14.6 Å². The molecule has 2 aromatic rings. The number of aliphatic carboxylic acids is 1. The molecule has 1 aromatic carbocycles. The van der Waals surface area contributed by atoms with Crippen LogP contribution in [0.15, 0.2) is 48.5 Å². The molecule has 0 unspecified atom stereocenters. The van der Waals surface area contributed by atoms with E-state index in [9.17, 15) is 4.79 Å². The average molecular weight is 285 g/mol. The maximum absolute atomic E-state index is 10.4. The number of methoxy groups -OCH3 is 1. The molecule has 21 heavy (non-hydrogen) atoms. The zero-order valence-corrected chi connectivity index (χ0v) is 11.5. The Bertz CT molecular complexity index is 635. The summed E-state index contributed by atoms with van der Waals surface area (Å²) in [5.74, 6) is 0.261. The van der Waals surface area contributed by atoms with Gasteiger partial charge in [0.1, 0.15) is 12.4 Å². The van der Waals surface area contributed by atoms with Crippen molar-refractivity contribution in [2.45, 2.75) is 6.61 Å². The molecule has 0 aliphatic rings. The van der Waals surface area contributed by atoms with Crippen LogP contribution in [0, 0.1) is 0 Å². The van der Waals surface area contributed by atoms with Crippen molar-refractivity contribution in [1.29, 1.82) is 0 Å². The SMILES string of the molecule is COc1cccc(COc2ccc(C=CC(=O)O)cc2)n1. The summed E-state index contributed by atoms with van der Waals surface area (Å²) < 4.78 is 10.7. The van der Waals surface area contributed by atoms with Gasteiger partial charge in [-0.2, -0.15) is 0 Å². The van der Waals surface area contributed by atoms with Crippen LogP contribution < -0.4 is 9.47 Å². The molecule has 2 rings (SSSR count). The van der Waals surface area contributed by atoms with E-state index in [1.807, 2.05) is 12.1 Å². The second-order valence-electron chi connectivity index (χ2n) is 4.20. The minimum atomic E-state index is -0.973. The van der Waals surface area contributed by atoms with Gasteiger partial charge in [0.15, 0.2) is 0 Å². The lowest BCUT2D eigenvalue weighted by molar-refractivity contribution is -0.131. The molecule has 1 heterocycles. The number of hydrogen-bond acceptors (Lipinski definition) is 4. The molecule has 0 saturated heterocycles. The number of rotatable bonds is 6. The number of carboxylic acid groups (broad SMARTS) is 1. The number of carbonyl (C=O) groups is 1. The van der Waals surface area contributed by atoms with E-state index in [2.05, 4.69) is 4.98 Å². The van der Waals surface area contributed by atoms with Gasteiger partial charge in [-0.15, -0.1) is 0 Å². The Morgan fingerprint density at radius 3 is 2.67 bits per heavy atom. The van der Waals surface area contributed by atoms with Gasteiger partial charge in [0, 0.05) is 12.1 Å². The van der Waals surface area contributed by atoms with Gasteiger partial charge in [-0.1, -0.05) is 18.2 Å². The predicted molar refractivity (Wildman–Crippen MR) is 78.2 cm³/mol. The summed E-state index contributed by atoms with van der Waals surface area (Å²) in [4.78, 5) is 14.7. The van der Waals surface area contributed by atoms with Gasteiger partial charge >= 0.3 is 5.97 Å². The molecule has 1 aromatic heterocycles. The van der Waals surface area contributed by atoms with Gasteiger partial charge in [-0.25, -0.2) is 9.78 Å².